The number of aryl methyl sites for hydroxylation is 1. The average Bonchev–Trinajstić information content (AvgIpc) is 2.72. The van der Waals surface area contributed by atoms with Crippen LogP contribution in [-0.4, -0.2) is 43.3 Å². The van der Waals surface area contributed by atoms with E-state index in [1.807, 2.05) is 0 Å². The minimum absolute atomic E-state index is 0.0696. The van der Waals surface area contributed by atoms with Crippen LogP contribution in [-0.2, 0) is 13.8 Å². The van der Waals surface area contributed by atoms with E-state index < -0.39 is 38.6 Å². The van der Waals surface area contributed by atoms with Gasteiger partial charge < -0.3 is 25.4 Å². The third-order valence-electron chi connectivity index (χ3n) is 3.10. The van der Waals surface area contributed by atoms with Crippen LogP contribution < -0.4 is 11.4 Å². The zero-order valence-electron chi connectivity index (χ0n) is 11.1. The number of aliphatic hydroxyl groups excluding tert-OH is 1. The van der Waals surface area contributed by atoms with Crippen LogP contribution in [0.2, 0.25) is 0 Å². The molecule has 3 atom stereocenters. The second kappa shape index (κ2) is 5.84. The maximum Gasteiger partial charge on any atom is 0.469 e. The Labute approximate surface area is 119 Å². The van der Waals surface area contributed by atoms with Crippen LogP contribution >= 0.6 is 7.82 Å². The van der Waals surface area contributed by atoms with Gasteiger partial charge in [-0.3, -0.25) is 9.09 Å². The molecule has 0 aromatic carbocycles. The zero-order valence-corrected chi connectivity index (χ0v) is 12.0. The highest BCUT2D eigenvalue weighted by Gasteiger charge is 2.37. The van der Waals surface area contributed by atoms with Gasteiger partial charge in [0.25, 0.3) is 0 Å². The van der Waals surface area contributed by atoms with Crippen molar-refractivity contribution in [3.05, 3.63) is 22.2 Å². The molecule has 0 unspecified atom stereocenters. The quantitative estimate of drug-likeness (QED) is 0.505. The van der Waals surface area contributed by atoms with Crippen molar-refractivity contribution in [1.29, 1.82) is 0 Å². The fourth-order valence-electron chi connectivity index (χ4n) is 1.99. The highest BCUT2D eigenvalue weighted by molar-refractivity contribution is 7.46. The zero-order chi connectivity index (χ0) is 15.8. The summed E-state index contributed by atoms with van der Waals surface area (Å²) >= 11 is 0. The lowest BCUT2D eigenvalue weighted by molar-refractivity contribution is -0.0450. The second-order valence-corrected chi connectivity index (χ2v) is 5.96. The smallest absolute Gasteiger partial charge is 0.390 e. The van der Waals surface area contributed by atoms with Crippen molar-refractivity contribution in [3.63, 3.8) is 0 Å². The van der Waals surface area contributed by atoms with Gasteiger partial charge in [-0.1, -0.05) is 0 Å². The Kier molecular flexibility index (Phi) is 4.47. The summed E-state index contributed by atoms with van der Waals surface area (Å²) in [4.78, 5) is 32.6. The van der Waals surface area contributed by atoms with Crippen LogP contribution in [0.3, 0.4) is 0 Å². The molecule has 1 fully saturated rings. The fourth-order valence-corrected chi connectivity index (χ4v) is 2.33. The molecule has 0 bridgehead atoms. The molecule has 10 nitrogen and oxygen atoms in total. The monoisotopic (exact) mass is 321 g/mol. The summed E-state index contributed by atoms with van der Waals surface area (Å²) < 4.78 is 21.5. The van der Waals surface area contributed by atoms with Crippen molar-refractivity contribution in [1.82, 2.24) is 9.55 Å². The standard InChI is InChI=1S/C10H16N3O7P/c1-5-3-13(10(15)12-9(5)11)8-2-6(14)7(20-8)4-19-21(16,17)18/h3,6-8,14H,2,4H2,1H3,(H2,11,12,15)(H2,16,17,18)/t6-,7-,8-/m1/s1. The Bertz CT molecular complexity index is 628. The van der Waals surface area contributed by atoms with Gasteiger partial charge >= 0.3 is 13.5 Å². The van der Waals surface area contributed by atoms with Crippen LogP contribution in [0.1, 0.15) is 18.2 Å². The number of ether oxygens (including phenoxy) is 1. The first-order valence-corrected chi connectivity index (χ1v) is 7.59. The van der Waals surface area contributed by atoms with E-state index >= 15 is 0 Å². The van der Waals surface area contributed by atoms with Gasteiger partial charge in [0.2, 0.25) is 0 Å². The Morgan fingerprint density at radius 1 is 1.62 bits per heavy atom. The third kappa shape index (κ3) is 3.88. The van der Waals surface area contributed by atoms with Crippen LogP contribution in [0.5, 0.6) is 0 Å². The molecule has 0 spiro atoms. The summed E-state index contributed by atoms with van der Waals surface area (Å²) in [5.41, 5.74) is 5.46. The van der Waals surface area contributed by atoms with E-state index in [4.69, 9.17) is 20.3 Å². The minimum Gasteiger partial charge on any atom is -0.390 e. The van der Waals surface area contributed by atoms with Crippen molar-refractivity contribution in [2.45, 2.75) is 31.8 Å². The van der Waals surface area contributed by atoms with Gasteiger partial charge in [0.05, 0.1) is 12.7 Å². The summed E-state index contributed by atoms with van der Waals surface area (Å²) in [6, 6.07) is 0. The lowest BCUT2D eigenvalue weighted by Gasteiger charge is -2.16. The number of nitrogens with two attached hydrogens (primary N) is 1. The van der Waals surface area contributed by atoms with Crippen LogP contribution in [0, 0.1) is 6.92 Å². The van der Waals surface area contributed by atoms with Gasteiger partial charge in [0, 0.05) is 18.2 Å². The SMILES string of the molecule is Cc1cn([C@H]2C[C@@H](O)[C@@H](COP(=O)(O)O)O2)c(=O)nc1N. The second-order valence-electron chi connectivity index (χ2n) is 4.72. The van der Waals surface area contributed by atoms with Gasteiger partial charge in [0.15, 0.2) is 0 Å². The molecular weight excluding hydrogens is 305 g/mol. The van der Waals surface area contributed by atoms with Gasteiger partial charge in [-0.2, -0.15) is 4.98 Å². The molecule has 2 heterocycles. The predicted octanol–water partition coefficient (Wildman–Crippen LogP) is -1.11. The summed E-state index contributed by atoms with van der Waals surface area (Å²) in [6.45, 7) is 1.18. The largest absolute Gasteiger partial charge is 0.469 e. The average molecular weight is 321 g/mol. The van der Waals surface area contributed by atoms with E-state index in [2.05, 4.69) is 9.51 Å². The molecular formula is C10H16N3O7P. The van der Waals surface area contributed by atoms with Gasteiger partial charge in [-0.15, -0.1) is 0 Å². The maximum atomic E-state index is 11.8. The first-order chi connectivity index (χ1) is 9.67. The van der Waals surface area contributed by atoms with Crippen LogP contribution in [0.15, 0.2) is 11.0 Å². The molecule has 2 rings (SSSR count). The molecule has 21 heavy (non-hydrogen) atoms. The molecule has 1 aliphatic heterocycles. The highest BCUT2D eigenvalue weighted by Crippen LogP contribution is 2.38. The van der Waals surface area contributed by atoms with E-state index in [-0.39, 0.29) is 12.2 Å². The van der Waals surface area contributed by atoms with E-state index in [0.29, 0.717) is 5.56 Å². The molecule has 5 N–H and O–H groups in total. The molecule has 0 amide bonds. The molecule has 118 valence electrons. The lowest BCUT2D eigenvalue weighted by Crippen LogP contribution is -2.29. The van der Waals surface area contributed by atoms with Gasteiger partial charge in [-0.25, -0.2) is 9.36 Å². The predicted molar refractivity (Wildman–Crippen MR) is 70.2 cm³/mol. The number of hydrogen-bond donors (Lipinski definition) is 4. The van der Waals surface area contributed by atoms with Gasteiger partial charge in [-0.05, 0) is 6.92 Å². The normalized spacial score (nSPS) is 26.2. The van der Waals surface area contributed by atoms with E-state index in [1.165, 1.54) is 10.8 Å². The Hall–Kier alpha value is -1.29. The van der Waals surface area contributed by atoms with Gasteiger partial charge in [0.1, 0.15) is 18.1 Å². The van der Waals surface area contributed by atoms with Crippen molar-refractivity contribution in [2.24, 2.45) is 0 Å². The third-order valence-corrected chi connectivity index (χ3v) is 3.58. The molecule has 0 aliphatic carbocycles. The van der Waals surface area contributed by atoms with E-state index in [0.717, 1.165) is 0 Å². The first kappa shape index (κ1) is 16.1. The summed E-state index contributed by atoms with van der Waals surface area (Å²) in [7, 11) is -4.65. The summed E-state index contributed by atoms with van der Waals surface area (Å²) in [5, 5.41) is 9.81. The highest BCUT2D eigenvalue weighted by atomic mass is 31.2. The maximum absolute atomic E-state index is 11.8. The molecule has 1 aromatic rings. The molecule has 1 aromatic heterocycles. The number of rotatable bonds is 4. The van der Waals surface area contributed by atoms with E-state index in [9.17, 15) is 14.5 Å². The first-order valence-electron chi connectivity index (χ1n) is 6.06. The molecule has 11 heteroatoms. The van der Waals surface area contributed by atoms with Crippen LogP contribution in [0.4, 0.5) is 5.82 Å². The summed E-state index contributed by atoms with van der Waals surface area (Å²) in [5.74, 6) is 0.108. The van der Waals surface area contributed by atoms with Crippen molar-refractivity contribution in [2.75, 3.05) is 12.3 Å². The number of phosphoric ester groups is 1. The number of anilines is 1. The Morgan fingerprint density at radius 2 is 2.29 bits per heavy atom. The Balaban J connectivity index is 2.12. The lowest BCUT2D eigenvalue weighted by atomic mass is 10.2. The number of nitrogen functional groups attached to an aromatic ring is 1. The van der Waals surface area contributed by atoms with Crippen molar-refractivity contribution in [3.8, 4) is 0 Å². The van der Waals surface area contributed by atoms with E-state index in [1.54, 1.807) is 6.92 Å². The van der Waals surface area contributed by atoms with Crippen LogP contribution in [0.25, 0.3) is 0 Å². The minimum atomic E-state index is -4.65. The molecule has 1 saturated heterocycles. The van der Waals surface area contributed by atoms with Crippen molar-refractivity contribution < 1.29 is 28.7 Å². The molecule has 1 aliphatic rings. The fraction of sp³-hybridized carbons (Fsp3) is 0.600. The topological polar surface area (TPSA) is 157 Å². The summed E-state index contributed by atoms with van der Waals surface area (Å²) in [6.07, 6.45) is -1.25. The number of phosphoric acid groups is 1. The van der Waals surface area contributed by atoms with Crippen molar-refractivity contribution >= 4 is 13.6 Å². The number of aromatic nitrogens is 2. The number of nitrogens with zero attached hydrogens (tertiary/aromatic N) is 2. The number of hydrogen-bond acceptors (Lipinski definition) is 7. The Morgan fingerprint density at radius 3 is 2.90 bits per heavy atom. The molecule has 0 saturated carbocycles. The number of aliphatic hydroxyl groups is 1. The molecule has 0 radical (unpaired) electrons.